The van der Waals surface area contributed by atoms with Crippen LogP contribution in [0.2, 0.25) is 0 Å². The number of carboxylic acid groups (broad SMARTS) is 1. The van der Waals surface area contributed by atoms with Crippen molar-refractivity contribution in [2.24, 2.45) is 0 Å². The Balaban J connectivity index is 4.16. The van der Waals surface area contributed by atoms with E-state index in [2.05, 4.69) is 5.32 Å². The predicted octanol–water partition coefficient (Wildman–Crippen LogP) is 2.54. The molecule has 0 unspecified atom stereocenters. The van der Waals surface area contributed by atoms with Crippen molar-refractivity contribution in [3.05, 3.63) is 0 Å². The summed E-state index contributed by atoms with van der Waals surface area (Å²) in [5.74, 6) is -1.02. The van der Waals surface area contributed by atoms with Gasteiger partial charge in [-0.2, -0.15) is 0 Å². The first kappa shape index (κ1) is 15.7. The van der Waals surface area contributed by atoms with E-state index < -0.39 is 23.7 Å². The minimum Gasteiger partial charge on any atom is -0.480 e. The second-order valence-corrected chi connectivity index (χ2v) is 5.03. The molecule has 0 aromatic rings. The fraction of sp³-hybridized carbons (Fsp3) is 0.833. The van der Waals surface area contributed by atoms with Gasteiger partial charge in [0.25, 0.3) is 0 Å². The minimum atomic E-state index is -1.02. The lowest BCUT2D eigenvalue weighted by Gasteiger charge is -2.21. The Morgan fingerprint density at radius 2 is 1.88 bits per heavy atom. The molecule has 0 radical (unpaired) electrons. The average Bonchev–Trinajstić information content (AvgIpc) is 2.13. The molecule has 0 spiro atoms. The van der Waals surface area contributed by atoms with Crippen LogP contribution in [0.5, 0.6) is 0 Å². The van der Waals surface area contributed by atoms with E-state index in [4.69, 9.17) is 9.84 Å². The van der Waals surface area contributed by atoms with Gasteiger partial charge >= 0.3 is 12.1 Å². The van der Waals surface area contributed by atoms with Crippen LogP contribution in [0.25, 0.3) is 0 Å². The molecule has 5 heteroatoms. The fourth-order valence-electron chi connectivity index (χ4n) is 1.31. The highest BCUT2D eigenvalue weighted by Gasteiger charge is 2.23. The summed E-state index contributed by atoms with van der Waals surface area (Å²) in [6.45, 7) is 7.25. The molecule has 5 nitrogen and oxygen atoms in total. The summed E-state index contributed by atoms with van der Waals surface area (Å²) in [6, 6.07) is -0.864. The molecule has 0 heterocycles. The van der Waals surface area contributed by atoms with Crippen molar-refractivity contribution in [3.63, 3.8) is 0 Å². The van der Waals surface area contributed by atoms with Crippen LogP contribution in [0.1, 0.15) is 53.4 Å². The number of aliphatic carboxylic acids is 1. The van der Waals surface area contributed by atoms with Crippen molar-refractivity contribution in [1.29, 1.82) is 0 Å². The van der Waals surface area contributed by atoms with E-state index in [1.54, 1.807) is 20.8 Å². The number of alkyl carbamates (subject to hydrolysis) is 1. The molecule has 0 saturated heterocycles. The van der Waals surface area contributed by atoms with Crippen molar-refractivity contribution in [2.45, 2.75) is 65.0 Å². The molecule has 0 aromatic heterocycles. The Morgan fingerprint density at radius 1 is 1.29 bits per heavy atom. The van der Waals surface area contributed by atoms with Crippen LogP contribution in [-0.2, 0) is 9.53 Å². The molecule has 2 N–H and O–H groups in total. The molecule has 17 heavy (non-hydrogen) atoms. The van der Waals surface area contributed by atoms with Gasteiger partial charge in [-0.25, -0.2) is 9.59 Å². The highest BCUT2D eigenvalue weighted by Crippen LogP contribution is 2.08. The Kier molecular flexibility index (Phi) is 6.61. The molecule has 0 rings (SSSR count). The standard InChI is InChI=1S/C12H23NO4/c1-5-6-7-8-9(10(14)15)13-11(16)17-12(2,3)4/h9H,5-8H2,1-4H3,(H,13,16)(H,14,15)/t9-/m0/s1. The number of unbranched alkanes of at least 4 members (excludes halogenated alkanes) is 2. The van der Waals surface area contributed by atoms with Gasteiger partial charge in [0.2, 0.25) is 0 Å². The number of carbonyl (C=O) groups is 2. The maximum atomic E-state index is 11.4. The number of carboxylic acids is 1. The van der Waals surface area contributed by atoms with E-state index in [1.807, 2.05) is 6.92 Å². The van der Waals surface area contributed by atoms with Crippen LogP contribution < -0.4 is 5.32 Å². The van der Waals surface area contributed by atoms with E-state index in [9.17, 15) is 9.59 Å². The summed E-state index contributed by atoms with van der Waals surface area (Å²) in [5.41, 5.74) is -0.615. The zero-order chi connectivity index (χ0) is 13.5. The highest BCUT2D eigenvalue weighted by molar-refractivity contribution is 5.79. The van der Waals surface area contributed by atoms with E-state index in [1.165, 1.54) is 0 Å². The maximum Gasteiger partial charge on any atom is 0.408 e. The van der Waals surface area contributed by atoms with Crippen LogP contribution in [-0.4, -0.2) is 28.8 Å². The van der Waals surface area contributed by atoms with Crippen molar-refractivity contribution < 1.29 is 19.4 Å². The average molecular weight is 245 g/mol. The summed E-state index contributed by atoms with van der Waals surface area (Å²) in [4.78, 5) is 22.3. The zero-order valence-electron chi connectivity index (χ0n) is 11.1. The van der Waals surface area contributed by atoms with Crippen LogP contribution in [0.3, 0.4) is 0 Å². The van der Waals surface area contributed by atoms with Crippen molar-refractivity contribution in [2.75, 3.05) is 0 Å². The molecule has 0 fully saturated rings. The molecule has 0 aliphatic carbocycles. The number of rotatable bonds is 6. The van der Waals surface area contributed by atoms with E-state index in [0.717, 1.165) is 19.3 Å². The molecule has 0 aromatic carbocycles. The number of hydrogen-bond acceptors (Lipinski definition) is 3. The van der Waals surface area contributed by atoms with Gasteiger partial charge < -0.3 is 15.2 Å². The number of nitrogens with one attached hydrogen (secondary N) is 1. The smallest absolute Gasteiger partial charge is 0.408 e. The van der Waals surface area contributed by atoms with E-state index >= 15 is 0 Å². The van der Waals surface area contributed by atoms with Gasteiger partial charge in [-0.1, -0.05) is 26.2 Å². The highest BCUT2D eigenvalue weighted by atomic mass is 16.6. The summed E-state index contributed by atoms with van der Waals surface area (Å²) >= 11 is 0. The molecular weight excluding hydrogens is 222 g/mol. The lowest BCUT2D eigenvalue weighted by atomic mass is 10.1. The number of carbonyl (C=O) groups excluding carboxylic acids is 1. The van der Waals surface area contributed by atoms with Crippen LogP contribution in [0.15, 0.2) is 0 Å². The topological polar surface area (TPSA) is 75.6 Å². The Morgan fingerprint density at radius 3 is 2.29 bits per heavy atom. The van der Waals surface area contributed by atoms with E-state index in [0.29, 0.717) is 6.42 Å². The first-order chi connectivity index (χ1) is 7.76. The van der Waals surface area contributed by atoms with Gasteiger partial charge in [0, 0.05) is 0 Å². The summed E-state index contributed by atoms with van der Waals surface area (Å²) in [6.07, 6.45) is 2.51. The van der Waals surface area contributed by atoms with Crippen molar-refractivity contribution in [1.82, 2.24) is 5.32 Å². The molecule has 0 bridgehead atoms. The Labute approximate surface area is 103 Å². The summed E-state index contributed by atoms with van der Waals surface area (Å²) < 4.78 is 5.01. The first-order valence-corrected chi connectivity index (χ1v) is 5.98. The van der Waals surface area contributed by atoms with Crippen LogP contribution in [0.4, 0.5) is 4.79 Å². The van der Waals surface area contributed by atoms with Gasteiger partial charge in [0.1, 0.15) is 11.6 Å². The summed E-state index contributed by atoms with van der Waals surface area (Å²) in [5, 5.41) is 11.3. The number of ether oxygens (including phenoxy) is 1. The molecule has 100 valence electrons. The molecule has 0 saturated carbocycles. The second kappa shape index (κ2) is 7.14. The zero-order valence-corrected chi connectivity index (χ0v) is 11.1. The largest absolute Gasteiger partial charge is 0.480 e. The van der Waals surface area contributed by atoms with Gasteiger partial charge in [-0.15, -0.1) is 0 Å². The molecular formula is C12H23NO4. The first-order valence-electron chi connectivity index (χ1n) is 5.98. The van der Waals surface area contributed by atoms with Crippen LogP contribution in [0, 0.1) is 0 Å². The number of hydrogen-bond donors (Lipinski definition) is 2. The third-order valence-corrected chi connectivity index (χ3v) is 2.09. The molecule has 1 atom stereocenters. The van der Waals surface area contributed by atoms with Gasteiger partial charge in [0.05, 0.1) is 0 Å². The molecule has 0 aliphatic rings. The fourth-order valence-corrected chi connectivity index (χ4v) is 1.31. The maximum absolute atomic E-state index is 11.4. The second-order valence-electron chi connectivity index (χ2n) is 5.03. The third kappa shape index (κ3) is 8.54. The Hall–Kier alpha value is -1.26. The SMILES string of the molecule is CCCCC[C@H](NC(=O)OC(C)(C)C)C(=O)O. The van der Waals surface area contributed by atoms with Gasteiger partial charge in [-0.05, 0) is 27.2 Å². The van der Waals surface area contributed by atoms with E-state index in [-0.39, 0.29) is 0 Å². The normalized spacial score (nSPS) is 12.9. The quantitative estimate of drug-likeness (QED) is 0.705. The molecule has 0 aliphatic heterocycles. The summed E-state index contributed by atoms with van der Waals surface area (Å²) in [7, 11) is 0. The van der Waals surface area contributed by atoms with Crippen molar-refractivity contribution in [3.8, 4) is 0 Å². The third-order valence-electron chi connectivity index (χ3n) is 2.09. The Bertz CT molecular complexity index is 258. The monoisotopic (exact) mass is 245 g/mol. The van der Waals surface area contributed by atoms with Gasteiger partial charge in [-0.3, -0.25) is 0 Å². The van der Waals surface area contributed by atoms with Gasteiger partial charge in [0.15, 0.2) is 0 Å². The molecule has 1 amide bonds. The lowest BCUT2D eigenvalue weighted by Crippen LogP contribution is -2.43. The lowest BCUT2D eigenvalue weighted by molar-refractivity contribution is -0.139. The van der Waals surface area contributed by atoms with Crippen LogP contribution >= 0.6 is 0 Å². The predicted molar refractivity (Wildman–Crippen MR) is 64.9 cm³/mol. The number of amides is 1. The minimum absolute atomic E-state index is 0.433. The van der Waals surface area contributed by atoms with Crippen molar-refractivity contribution >= 4 is 12.1 Å².